The molecule has 0 bridgehead atoms. The maximum atomic E-state index is 12.1. The maximum Gasteiger partial charge on any atom is 0.187 e. The van der Waals surface area contributed by atoms with Crippen molar-refractivity contribution in [2.75, 3.05) is 11.9 Å². The number of halogens is 1. The minimum absolute atomic E-state index is 0.0698. The third-order valence-corrected chi connectivity index (χ3v) is 3.45. The smallest absolute Gasteiger partial charge is 0.187 e. The van der Waals surface area contributed by atoms with Crippen LogP contribution in [0.2, 0.25) is 5.02 Å². The Morgan fingerprint density at radius 1 is 1.22 bits per heavy atom. The van der Waals surface area contributed by atoms with Gasteiger partial charge in [0.1, 0.15) is 5.75 Å². The summed E-state index contributed by atoms with van der Waals surface area (Å²) in [5.41, 5.74) is 1.46. The molecule has 0 aliphatic rings. The average Bonchev–Trinajstić information content (AvgIpc) is 2.56. The molecule has 2 aromatic carbocycles. The Hall–Kier alpha value is -2.26. The predicted octanol–water partition coefficient (Wildman–Crippen LogP) is 5.33. The van der Waals surface area contributed by atoms with E-state index in [9.17, 15) is 4.79 Å². The highest BCUT2D eigenvalue weighted by atomic mass is 35.5. The molecule has 0 amide bonds. The fraction of sp³-hybridized carbons (Fsp3) is 0.211. The summed E-state index contributed by atoms with van der Waals surface area (Å²) in [5, 5.41) is 3.67. The lowest BCUT2D eigenvalue weighted by molar-refractivity contribution is 0.104. The first kappa shape index (κ1) is 17.1. The topological polar surface area (TPSA) is 38.3 Å². The van der Waals surface area contributed by atoms with E-state index < -0.39 is 0 Å². The van der Waals surface area contributed by atoms with Gasteiger partial charge in [-0.25, -0.2) is 0 Å². The number of ether oxygens (including phenoxy) is 1. The standard InChI is InChI=1S/C19H20ClNO2/c1-2-3-13-23-18-9-7-15(8-10-18)19(22)11-12-21-17-6-4-5-16(20)14-17/h4-12,14,21H,2-3,13H2,1H3. The van der Waals surface area contributed by atoms with Gasteiger partial charge in [0.25, 0.3) is 0 Å². The summed E-state index contributed by atoms with van der Waals surface area (Å²) < 4.78 is 5.58. The van der Waals surface area contributed by atoms with Crippen molar-refractivity contribution in [1.82, 2.24) is 0 Å². The van der Waals surface area contributed by atoms with Gasteiger partial charge >= 0.3 is 0 Å². The van der Waals surface area contributed by atoms with Crippen LogP contribution in [0.5, 0.6) is 5.75 Å². The Kier molecular flexibility index (Phi) is 6.70. The summed E-state index contributed by atoms with van der Waals surface area (Å²) in [6.07, 6.45) is 5.23. The first-order valence-electron chi connectivity index (χ1n) is 7.65. The van der Waals surface area contributed by atoms with Crippen LogP contribution in [0.15, 0.2) is 60.8 Å². The lowest BCUT2D eigenvalue weighted by Crippen LogP contribution is -1.99. The fourth-order valence-corrected chi connectivity index (χ4v) is 2.13. The van der Waals surface area contributed by atoms with Crippen LogP contribution in [-0.4, -0.2) is 12.4 Å². The van der Waals surface area contributed by atoms with Crippen LogP contribution >= 0.6 is 11.6 Å². The number of unbranched alkanes of at least 4 members (excludes halogenated alkanes) is 1. The monoisotopic (exact) mass is 329 g/mol. The van der Waals surface area contributed by atoms with E-state index in [2.05, 4.69) is 12.2 Å². The van der Waals surface area contributed by atoms with Gasteiger partial charge in [-0.1, -0.05) is 31.0 Å². The molecule has 0 radical (unpaired) electrons. The third-order valence-electron chi connectivity index (χ3n) is 3.21. The van der Waals surface area contributed by atoms with Gasteiger partial charge in [-0.05, 0) is 48.9 Å². The quantitative estimate of drug-likeness (QED) is 0.404. The van der Waals surface area contributed by atoms with Gasteiger partial charge < -0.3 is 10.1 Å². The van der Waals surface area contributed by atoms with Gasteiger partial charge in [-0.2, -0.15) is 0 Å². The number of hydrogen-bond acceptors (Lipinski definition) is 3. The molecule has 0 aliphatic heterocycles. The predicted molar refractivity (Wildman–Crippen MR) is 95.4 cm³/mol. The molecular formula is C19H20ClNO2. The molecule has 0 heterocycles. The van der Waals surface area contributed by atoms with Crippen LogP contribution in [0.3, 0.4) is 0 Å². The van der Waals surface area contributed by atoms with Crippen molar-refractivity contribution < 1.29 is 9.53 Å². The van der Waals surface area contributed by atoms with E-state index in [-0.39, 0.29) is 5.78 Å². The minimum atomic E-state index is -0.0698. The van der Waals surface area contributed by atoms with Crippen molar-refractivity contribution in [2.45, 2.75) is 19.8 Å². The summed E-state index contributed by atoms with van der Waals surface area (Å²) in [6, 6.07) is 14.5. The summed E-state index contributed by atoms with van der Waals surface area (Å²) in [4.78, 5) is 12.1. The molecule has 23 heavy (non-hydrogen) atoms. The summed E-state index contributed by atoms with van der Waals surface area (Å²) in [6.45, 7) is 2.82. The van der Waals surface area contributed by atoms with E-state index in [4.69, 9.17) is 16.3 Å². The van der Waals surface area contributed by atoms with E-state index in [0.717, 1.165) is 24.3 Å². The molecular weight excluding hydrogens is 310 g/mol. The molecule has 1 N–H and O–H groups in total. The van der Waals surface area contributed by atoms with Gasteiger partial charge in [-0.3, -0.25) is 4.79 Å². The van der Waals surface area contributed by atoms with Gasteiger partial charge in [0.2, 0.25) is 0 Å². The maximum absolute atomic E-state index is 12.1. The molecule has 0 aliphatic carbocycles. The van der Waals surface area contributed by atoms with Crippen molar-refractivity contribution in [3.63, 3.8) is 0 Å². The molecule has 2 rings (SSSR count). The number of benzene rings is 2. The number of anilines is 1. The molecule has 0 saturated carbocycles. The highest BCUT2D eigenvalue weighted by molar-refractivity contribution is 6.30. The molecule has 0 atom stereocenters. The van der Waals surface area contributed by atoms with Gasteiger partial charge in [-0.15, -0.1) is 0 Å². The molecule has 0 saturated heterocycles. The number of carbonyl (C=O) groups excluding carboxylic acids is 1. The summed E-state index contributed by atoms with van der Waals surface area (Å²) in [5.74, 6) is 0.718. The lowest BCUT2D eigenvalue weighted by atomic mass is 10.1. The van der Waals surface area contributed by atoms with E-state index >= 15 is 0 Å². The third kappa shape index (κ3) is 5.80. The molecule has 0 aromatic heterocycles. The molecule has 3 nitrogen and oxygen atoms in total. The number of allylic oxidation sites excluding steroid dienone is 1. The number of carbonyl (C=O) groups is 1. The van der Waals surface area contributed by atoms with Crippen molar-refractivity contribution in [3.8, 4) is 5.75 Å². The SMILES string of the molecule is CCCCOc1ccc(C(=O)C=CNc2cccc(Cl)c2)cc1. The zero-order valence-electron chi connectivity index (χ0n) is 13.1. The van der Waals surface area contributed by atoms with Crippen LogP contribution in [0, 0.1) is 0 Å². The van der Waals surface area contributed by atoms with Crippen LogP contribution in [0.25, 0.3) is 0 Å². The molecule has 0 unspecified atom stereocenters. The van der Waals surface area contributed by atoms with Crippen LogP contribution in [-0.2, 0) is 0 Å². The van der Waals surface area contributed by atoms with Crippen molar-refractivity contribution in [2.24, 2.45) is 0 Å². The van der Waals surface area contributed by atoms with E-state index in [1.54, 1.807) is 30.5 Å². The van der Waals surface area contributed by atoms with Crippen molar-refractivity contribution >= 4 is 23.1 Å². The number of nitrogens with one attached hydrogen (secondary N) is 1. The number of ketones is 1. The molecule has 0 fully saturated rings. The lowest BCUT2D eigenvalue weighted by Gasteiger charge is -2.05. The van der Waals surface area contributed by atoms with Crippen LogP contribution in [0.1, 0.15) is 30.1 Å². The fourth-order valence-electron chi connectivity index (χ4n) is 1.94. The molecule has 120 valence electrons. The second-order valence-electron chi connectivity index (χ2n) is 5.08. The Balaban J connectivity index is 1.88. The first-order chi connectivity index (χ1) is 11.2. The molecule has 4 heteroatoms. The number of rotatable bonds is 8. The van der Waals surface area contributed by atoms with Crippen LogP contribution < -0.4 is 10.1 Å². The van der Waals surface area contributed by atoms with Crippen molar-refractivity contribution in [3.05, 3.63) is 71.4 Å². The van der Waals surface area contributed by atoms with E-state index in [0.29, 0.717) is 17.2 Å². The second-order valence-corrected chi connectivity index (χ2v) is 5.52. The van der Waals surface area contributed by atoms with Gasteiger partial charge in [0.05, 0.1) is 6.61 Å². The zero-order valence-corrected chi connectivity index (χ0v) is 13.8. The zero-order chi connectivity index (χ0) is 16.5. The minimum Gasteiger partial charge on any atom is -0.494 e. The normalized spacial score (nSPS) is 10.7. The summed E-state index contributed by atoms with van der Waals surface area (Å²) >= 11 is 5.90. The Bertz CT molecular complexity index is 665. The van der Waals surface area contributed by atoms with E-state index in [1.807, 2.05) is 24.3 Å². The van der Waals surface area contributed by atoms with Gasteiger partial charge in [0.15, 0.2) is 5.78 Å². The highest BCUT2D eigenvalue weighted by Gasteiger charge is 2.02. The Labute approximate surface area is 141 Å². The van der Waals surface area contributed by atoms with Crippen molar-refractivity contribution in [1.29, 1.82) is 0 Å². The Morgan fingerprint density at radius 3 is 2.70 bits per heavy atom. The highest BCUT2D eigenvalue weighted by Crippen LogP contribution is 2.15. The average molecular weight is 330 g/mol. The first-order valence-corrected chi connectivity index (χ1v) is 8.02. The largest absolute Gasteiger partial charge is 0.494 e. The Morgan fingerprint density at radius 2 is 2.00 bits per heavy atom. The second kappa shape index (κ2) is 9.01. The van der Waals surface area contributed by atoms with Crippen LogP contribution in [0.4, 0.5) is 5.69 Å². The van der Waals surface area contributed by atoms with E-state index in [1.165, 1.54) is 6.08 Å². The molecule has 0 spiro atoms. The number of hydrogen-bond donors (Lipinski definition) is 1. The summed E-state index contributed by atoms with van der Waals surface area (Å²) in [7, 11) is 0. The van der Waals surface area contributed by atoms with Gasteiger partial charge in [0, 0.05) is 28.5 Å². The molecule has 2 aromatic rings.